The average molecular weight is 152 g/mol. The van der Waals surface area contributed by atoms with Crippen molar-refractivity contribution >= 4 is 7.85 Å². The van der Waals surface area contributed by atoms with Gasteiger partial charge in [-0.25, -0.2) is 8.78 Å². The number of hydrogen-bond donors (Lipinski definition) is 0. The number of benzene rings is 1. The summed E-state index contributed by atoms with van der Waals surface area (Å²) >= 11 is 0. The average Bonchev–Trinajstić information content (AvgIpc) is 1.95. The van der Waals surface area contributed by atoms with E-state index in [1.54, 1.807) is 0 Å². The second-order valence-corrected chi connectivity index (χ2v) is 2.27. The summed E-state index contributed by atoms with van der Waals surface area (Å²) in [4.78, 5) is 0. The number of aryl methyl sites for hydroxylation is 1. The molecule has 0 spiro atoms. The number of hydrogen-bond acceptors (Lipinski definition) is 0. The van der Waals surface area contributed by atoms with Crippen LogP contribution in [0.15, 0.2) is 18.2 Å². The van der Waals surface area contributed by atoms with Crippen molar-refractivity contribution in [2.75, 3.05) is 0 Å². The Hall–Kier alpha value is -0.855. The van der Waals surface area contributed by atoms with E-state index < -0.39 is 11.6 Å². The quantitative estimate of drug-likeness (QED) is 0.569. The van der Waals surface area contributed by atoms with Crippen LogP contribution in [-0.2, 0) is 6.42 Å². The van der Waals surface area contributed by atoms with Crippen LogP contribution in [0, 0.1) is 11.6 Å². The van der Waals surface area contributed by atoms with Gasteiger partial charge in [0.15, 0.2) is 0 Å². The van der Waals surface area contributed by atoms with Crippen LogP contribution in [0.3, 0.4) is 0 Å². The third kappa shape index (κ3) is 2.04. The lowest BCUT2D eigenvalue weighted by Gasteiger charge is -1.99. The van der Waals surface area contributed by atoms with Crippen molar-refractivity contribution in [2.24, 2.45) is 0 Å². The smallest absolute Gasteiger partial charge is 0.129 e. The Morgan fingerprint density at radius 2 is 2.00 bits per heavy atom. The van der Waals surface area contributed by atoms with Gasteiger partial charge in [-0.15, -0.1) is 0 Å². The molecule has 11 heavy (non-hydrogen) atoms. The van der Waals surface area contributed by atoms with Gasteiger partial charge in [0.05, 0.1) is 7.85 Å². The molecular weight excluding hydrogens is 145 g/mol. The van der Waals surface area contributed by atoms with Crippen LogP contribution in [0.25, 0.3) is 0 Å². The normalized spacial score (nSPS) is 10.0. The van der Waals surface area contributed by atoms with Gasteiger partial charge >= 0.3 is 0 Å². The molecule has 0 unspecified atom stereocenters. The minimum atomic E-state index is -0.553. The van der Waals surface area contributed by atoms with Gasteiger partial charge in [0.25, 0.3) is 0 Å². The first kappa shape index (κ1) is 8.24. The van der Waals surface area contributed by atoms with Crippen LogP contribution >= 0.6 is 0 Å². The van der Waals surface area contributed by atoms with Crippen LogP contribution in [0.1, 0.15) is 5.56 Å². The fraction of sp³-hybridized carbons (Fsp3) is 0.250. The van der Waals surface area contributed by atoms with E-state index in [0.29, 0.717) is 18.3 Å². The van der Waals surface area contributed by atoms with Crippen molar-refractivity contribution in [1.29, 1.82) is 0 Å². The molecule has 0 aliphatic rings. The fourth-order valence-corrected chi connectivity index (χ4v) is 0.880. The molecule has 0 saturated carbocycles. The molecule has 0 saturated heterocycles. The molecule has 0 bridgehead atoms. The lowest BCUT2D eigenvalue weighted by Crippen LogP contribution is -1.90. The first-order valence-electron chi connectivity index (χ1n) is 3.38. The SMILES string of the molecule is [B]CCc1ccc(F)cc1F. The largest absolute Gasteiger partial charge is 0.207 e. The second-order valence-electron chi connectivity index (χ2n) is 2.27. The van der Waals surface area contributed by atoms with Crippen LogP contribution in [-0.4, -0.2) is 7.85 Å². The predicted molar refractivity (Wildman–Crippen MR) is 40.6 cm³/mol. The Labute approximate surface area is 65.6 Å². The highest BCUT2D eigenvalue weighted by Gasteiger charge is 2.00. The highest BCUT2D eigenvalue weighted by molar-refractivity contribution is 6.08. The van der Waals surface area contributed by atoms with Crippen molar-refractivity contribution in [3.63, 3.8) is 0 Å². The summed E-state index contributed by atoms with van der Waals surface area (Å²) in [7, 11) is 5.21. The first-order chi connectivity index (χ1) is 5.24. The first-order valence-corrected chi connectivity index (χ1v) is 3.38. The van der Waals surface area contributed by atoms with Crippen molar-refractivity contribution in [3.05, 3.63) is 35.4 Å². The van der Waals surface area contributed by atoms with Crippen molar-refractivity contribution < 1.29 is 8.78 Å². The summed E-state index contributed by atoms with van der Waals surface area (Å²) in [5.74, 6) is -1.07. The summed E-state index contributed by atoms with van der Waals surface area (Å²) in [6.07, 6.45) is 0.828. The van der Waals surface area contributed by atoms with Gasteiger partial charge < -0.3 is 0 Å². The summed E-state index contributed by atoms with van der Waals surface area (Å²) < 4.78 is 25.1. The molecule has 0 fully saturated rings. The van der Waals surface area contributed by atoms with E-state index in [4.69, 9.17) is 7.85 Å². The summed E-state index contributed by atoms with van der Waals surface area (Å²) in [5.41, 5.74) is 0.467. The van der Waals surface area contributed by atoms with Crippen LogP contribution in [0.2, 0.25) is 6.32 Å². The number of halogens is 2. The van der Waals surface area contributed by atoms with E-state index in [-0.39, 0.29) is 0 Å². The van der Waals surface area contributed by atoms with Crippen LogP contribution < -0.4 is 0 Å². The molecule has 0 N–H and O–H groups in total. The van der Waals surface area contributed by atoms with Gasteiger partial charge in [0, 0.05) is 6.07 Å². The third-order valence-corrected chi connectivity index (χ3v) is 1.43. The molecule has 2 radical (unpaired) electrons. The summed E-state index contributed by atoms with van der Waals surface area (Å²) in [6.45, 7) is 0. The summed E-state index contributed by atoms with van der Waals surface area (Å²) in [6, 6.07) is 3.51. The van der Waals surface area contributed by atoms with E-state index in [2.05, 4.69) is 0 Å². The van der Waals surface area contributed by atoms with Gasteiger partial charge in [0.2, 0.25) is 0 Å². The molecule has 0 amide bonds. The zero-order valence-electron chi connectivity index (χ0n) is 5.98. The monoisotopic (exact) mass is 152 g/mol. The fourth-order valence-electron chi connectivity index (χ4n) is 0.880. The maximum absolute atomic E-state index is 12.7. The maximum atomic E-state index is 12.7. The zero-order valence-corrected chi connectivity index (χ0v) is 5.98. The van der Waals surface area contributed by atoms with Gasteiger partial charge in [0.1, 0.15) is 11.6 Å². The van der Waals surface area contributed by atoms with Gasteiger partial charge in [-0.1, -0.05) is 12.4 Å². The Kier molecular flexibility index (Phi) is 2.63. The molecule has 56 valence electrons. The molecule has 0 aliphatic heterocycles. The Morgan fingerprint density at radius 3 is 2.55 bits per heavy atom. The molecule has 1 rings (SSSR count). The summed E-state index contributed by atoms with van der Waals surface area (Å²) in [5, 5.41) is 0. The van der Waals surface area contributed by atoms with E-state index in [9.17, 15) is 8.78 Å². The molecule has 1 aromatic rings. The minimum Gasteiger partial charge on any atom is -0.207 e. The lowest BCUT2D eigenvalue weighted by atomic mass is 9.97. The van der Waals surface area contributed by atoms with Crippen molar-refractivity contribution in [3.8, 4) is 0 Å². The molecular formula is C8H7BF2. The standard InChI is InChI=1S/C8H7BF2/c9-4-3-6-1-2-7(10)5-8(6)11/h1-2,5H,3-4H2. The third-order valence-electron chi connectivity index (χ3n) is 1.43. The van der Waals surface area contributed by atoms with Gasteiger partial charge in [-0.05, 0) is 18.1 Å². The number of rotatable bonds is 2. The van der Waals surface area contributed by atoms with E-state index in [0.717, 1.165) is 6.07 Å². The highest BCUT2D eigenvalue weighted by Crippen LogP contribution is 2.10. The van der Waals surface area contributed by atoms with E-state index in [1.807, 2.05) is 0 Å². The topological polar surface area (TPSA) is 0 Å². The van der Waals surface area contributed by atoms with Gasteiger partial charge in [-0.3, -0.25) is 0 Å². The van der Waals surface area contributed by atoms with Gasteiger partial charge in [-0.2, -0.15) is 0 Å². The molecule has 0 aliphatic carbocycles. The molecule has 0 atom stereocenters. The van der Waals surface area contributed by atoms with Crippen LogP contribution in [0.5, 0.6) is 0 Å². The van der Waals surface area contributed by atoms with E-state index >= 15 is 0 Å². The molecule has 0 heterocycles. The lowest BCUT2D eigenvalue weighted by molar-refractivity contribution is 0.573. The molecule has 3 heteroatoms. The Bertz CT molecular complexity index is 248. The van der Waals surface area contributed by atoms with Crippen molar-refractivity contribution in [1.82, 2.24) is 0 Å². The minimum absolute atomic E-state index is 0.378. The van der Waals surface area contributed by atoms with Crippen molar-refractivity contribution in [2.45, 2.75) is 12.7 Å². The maximum Gasteiger partial charge on any atom is 0.129 e. The molecule has 1 aromatic carbocycles. The van der Waals surface area contributed by atoms with Crippen LogP contribution in [0.4, 0.5) is 8.78 Å². The highest BCUT2D eigenvalue weighted by atomic mass is 19.1. The molecule has 0 aromatic heterocycles. The second kappa shape index (κ2) is 3.51. The molecule has 0 nitrogen and oxygen atoms in total. The zero-order chi connectivity index (χ0) is 8.27. The Balaban J connectivity index is 2.90. The Morgan fingerprint density at radius 1 is 1.27 bits per heavy atom. The predicted octanol–water partition coefficient (Wildman–Crippen LogP) is 2.09. The van der Waals surface area contributed by atoms with E-state index in [1.165, 1.54) is 12.1 Å².